The summed E-state index contributed by atoms with van der Waals surface area (Å²) in [5.74, 6) is 0.0132. The summed E-state index contributed by atoms with van der Waals surface area (Å²) >= 11 is 0. The van der Waals surface area contributed by atoms with Gasteiger partial charge in [0, 0.05) is 31.0 Å². The van der Waals surface area contributed by atoms with E-state index in [1.54, 1.807) is 12.4 Å². The zero-order chi connectivity index (χ0) is 13.0. The van der Waals surface area contributed by atoms with Crippen molar-refractivity contribution in [2.45, 2.75) is 38.8 Å². The molecule has 1 saturated heterocycles. The standard InChI is InChI=1S/C13H20N4O/c1-10(2)17(8-12-4-3-5-16-12)13(18)11-6-14-9-15-7-11/h6-7,9-10,12,16H,3-5,8H2,1-2H3. The van der Waals surface area contributed by atoms with Crippen LogP contribution in [0.25, 0.3) is 0 Å². The topological polar surface area (TPSA) is 58.1 Å². The molecule has 1 aliphatic rings. The van der Waals surface area contributed by atoms with Crippen LogP contribution in [0.5, 0.6) is 0 Å². The molecule has 98 valence electrons. The average molecular weight is 248 g/mol. The van der Waals surface area contributed by atoms with Crippen molar-refractivity contribution in [3.8, 4) is 0 Å². The Hall–Kier alpha value is -1.49. The van der Waals surface area contributed by atoms with Crippen LogP contribution in [0.4, 0.5) is 0 Å². The summed E-state index contributed by atoms with van der Waals surface area (Å²) in [5.41, 5.74) is 0.559. The van der Waals surface area contributed by atoms with Crippen LogP contribution < -0.4 is 5.32 Å². The number of amides is 1. The molecule has 0 aliphatic carbocycles. The summed E-state index contributed by atoms with van der Waals surface area (Å²) in [4.78, 5) is 22.1. The highest BCUT2D eigenvalue weighted by atomic mass is 16.2. The summed E-state index contributed by atoms with van der Waals surface area (Å²) < 4.78 is 0. The van der Waals surface area contributed by atoms with Gasteiger partial charge in [-0.15, -0.1) is 0 Å². The monoisotopic (exact) mass is 248 g/mol. The van der Waals surface area contributed by atoms with Gasteiger partial charge in [0.05, 0.1) is 5.56 Å². The lowest BCUT2D eigenvalue weighted by atomic mass is 10.1. The molecule has 1 aromatic rings. The number of carbonyl (C=O) groups excluding carboxylic acids is 1. The first-order valence-electron chi connectivity index (χ1n) is 6.48. The van der Waals surface area contributed by atoms with E-state index in [1.165, 1.54) is 12.7 Å². The third-order valence-electron chi connectivity index (χ3n) is 3.27. The van der Waals surface area contributed by atoms with Crippen LogP contribution in [0.2, 0.25) is 0 Å². The second-order valence-corrected chi connectivity index (χ2v) is 4.97. The molecule has 0 bridgehead atoms. The Morgan fingerprint density at radius 2 is 2.22 bits per heavy atom. The summed E-state index contributed by atoms with van der Waals surface area (Å²) in [6.45, 7) is 5.89. The van der Waals surface area contributed by atoms with Crippen molar-refractivity contribution >= 4 is 5.91 Å². The molecule has 1 aliphatic heterocycles. The highest BCUT2D eigenvalue weighted by Gasteiger charge is 2.24. The average Bonchev–Trinajstić information content (AvgIpc) is 2.89. The molecule has 1 N–H and O–H groups in total. The normalized spacial score (nSPS) is 19.2. The number of carbonyl (C=O) groups is 1. The van der Waals surface area contributed by atoms with Gasteiger partial charge in [0.1, 0.15) is 6.33 Å². The van der Waals surface area contributed by atoms with E-state index in [4.69, 9.17) is 0 Å². The van der Waals surface area contributed by atoms with Crippen molar-refractivity contribution in [1.82, 2.24) is 20.2 Å². The molecule has 0 aromatic carbocycles. The van der Waals surface area contributed by atoms with Gasteiger partial charge < -0.3 is 10.2 Å². The summed E-state index contributed by atoms with van der Waals surface area (Å²) in [5, 5.41) is 3.42. The fourth-order valence-corrected chi connectivity index (χ4v) is 2.25. The molecular weight excluding hydrogens is 228 g/mol. The maximum Gasteiger partial charge on any atom is 0.257 e. The van der Waals surface area contributed by atoms with Gasteiger partial charge in [0.2, 0.25) is 0 Å². The number of hydrogen-bond acceptors (Lipinski definition) is 4. The van der Waals surface area contributed by atoms with Crippen molar-refractivity contribution in [1.29, 1.82) is 0 Å². The van der Waals surface area contributed by atoms with Crippen LogP contribution in [0.1, 0.15) is 37.0 Å². The molecule has 2 rings (SSSR count). The largest absolute Gasteiger partial charge is 0.335 e. The SMILES string of the molecule is CC(C)N(CC1CCCN1)C(=O)c1cncnc1. The van der Waals surface area contributed by atoms with Gasteiger partial charge in [-0.3, -0.25) is 4.79 Å². The van der Waals surface area contributed by atoms with Crippen LogP contribution in [0.15, 0.2) is 18.7 Å². The van der Waals surface area contributed by atoms with Gasteiger partial charge in [-0.2, -0.15) is 0 Å². The number of hydrogen-bond donors (Lipinski definition) is 1. The zero-order valence-corrected chi connectivity index (χ0v) is 11.0. The van der Waals surface area contributed by atoms with Crippen LogP contribution >= 0.6 is 0 Å². The van der Waals surface area contributed by atoms with E-state index in [9.17, 15) is 4.79 Å². The number of nitrogens with one attached hydrogen (secondary N) is 1. The maximum atomic E-state index is 12.4. The molecule has 18 heavy (non-hydrogen) atoms. The summed E-state index contributed by atoms with van der Waals surface area (Å²) in [7, 11) is 0. The molecule has 0 spiro atoms. The molecule has 0 saturated carbocycles. The number of aromatic nitrogens is 2. The Kier molecular flexibility index (Phi) is 4.25. The van der Waals surface area contributed by atoms with E-state index in [-0.39, 0.29) is 11.9 Å². The fourth-order valence-electron chi connectivity index (χ4n) is 2.25. The molecule has 5 heteroatoms. The Balaban J connectivity index is 2.07. The Labute approximate surface area is 108 Å². The highest BCUT2D eigenvalue weighted by Crippen LogP contribution is 2.12. The highest BCUT2D eigenvalue weighted by molar-refractivity contribution is 5.93. The van der Waals surface area contributed by atoms with Gasteiger partial charge in [-0.1, -0.05) is 0 Å². The van der Waals surface area contributed by atoms with E-state index in [2.05, 4.69) is 15.3 Å². The minimum Gasteiger partial charge on any atom is -0.335 e. The van der Waals surface area contributed by atoms with Crippen LogP contribution in [0.3, 0.4) is 0 Å². The number of nitrogens with zero attached hydrogens (tertiary/aromatic N) is 3. The number of rotatable bonds is 4. The molecule has 1 aromatic heterocycles. The van der Waals surface area contributed by atoms with E-state index in [1.807, 2.05) is 18.7 Å². The van der Waals surface area contributed by atoms with Crippen molar-refractivity contribution < 1.29 is 4.79 Å². The Morgan fingerprint density at radius 1 is 1.50 bits per heavy atom. The molecule has 0 radical (unpaired) electrons. The van der Waals surface area contributed by atoms with Gasteiger partial charge in [-0.25, -0.2) is 9.97 Å². The third kappa shape index (κ3) is 3.04. The van der Waals surface area contributed by atoms with Crippen molar-refractivity contribution in [2.24, 2.45) is 0 Å². The van der Waals surface area contributed by atoms with E-state index >= 15 is 0 Å². The van der Waals surface area contributed by atoms with Crippen LogP contribution in [0, 0.1) is 0 Å². The van der Waals surface area contributed by atoms with Gasteiger partial charge in [-0.05, 0) is 33.2 Å². The second kappa shape index (κ2) is 5.91. The van der Waals surface area contributed by atoms with Gasteiger partial charge in [0.25, 0.3) is 5.91 Å². The molecular formula is C13H20N4O. The molecule has 5 nitrogen and oxygen atoms in total. The molecule has 1 fully saturated rings. The lowest BCUT2D eigenvalue weighted by Gasteiger charge is -2.29. The summed E-state index contributed by atoms with van der Waals surface area (Å²) in [6.07, 6.45) is 6.93. The van der Waals surface area contributed by atoms with Gasteiger partial charge >= 0.3 is 0 Å². The Morgan fingerprint density at radius 3 is 2.78 bits per heavy atom. The molecule has 1 atom stereocenters. The fraction of sp³-hybridized carbons (Fsp3) is 0.615. The van der Waals surface area contributed by atoms with Crippen molar-refractivity contribution in [3.05, 3.63) is 24.3 Å². The lowest BCUT2D eigenvalue weighted by Crippen LogP contribution is -2.44. The van der Waals surface area contributed by atoms with Crippen molar-refractivity contribution in [3.63, 3.8) is 0 Å². The Bertz CT molecular complexity index is 387. The predicted molar refractivity (Wildman–Crippen MR) is 69.2 cm³/mol. The smallest absolute Gasteiger partial charge is 0.257 e. The van der Waals surface area contributed by atoms with Crippen LogP contribution in [-0.4, -0.2) is 45.9 Å². The van der Waals surface area contributed by atoms with Gasteiger partial charge in [0.15, 0.2) is 0 Å². The van der Waals surface area contributed by atoms with E-state index < -0.39 is 0 Å². The zero-order valence-electron chi connectivity index (χ0n) is 11.0. The lowest BCUT2D eigenvalue weighted by molar-refractivity contribution is 0.0688. The van der Waals surface area contributed by atoms with Crippen molar-refractivity contribution in [2.75, 3.05) is 13.1 Å². The third-order valence-corrected chi connectivity index (χ3v) is 3.27. The minimum atomic E-state index is 0.0132. The maximum absolute atomic E-state index is 12.4. The first-order chi connectivity index (χ1) is 8.68. The summed E-state index contributed by atoms with van der Waals surface area (Å²) in [6, 6.07) is 0.598. The molecule has 1 unspecified atom stereocenters. The molecule has 2 heterocycles. The first-order valence-corrected chi connectivity index (χ1v) is 6.48. The molecule has 1 amide bonds. The van der Waals surface area contributed by atoms with Crippen LogP contribution in [-0.2, 0) is 0 Å². The predicted octanol–water partition coefficient (Wildman–Crippen LogP) is 1.08. The quantitative estimate of drug-likeness (QED) is 0.866. The van der Waals surface area contributed by atoms with E-state index in [0.29, 0.717) is 11.6 Å². The second-order valence-electron chi connectivity index (χ2n) is 4.97. The van der Waals surface area contributed by atoms with E-state index in [0.717, 1.165) is 19.5 Å². The first kappa shape index (κ1) is 13.0. The minimum absolute atomic E-state index is 0.0132.